The lowest BCUT2D eigenvalue weighted by atomic mass is 10.1. The molecule has 4 heterocycles. The summed E-state index contributed by atoms with van der Waals surface area (Å²) < 4.78 is 0. The molecule has 7 heteroatoms. The van der Waals surface area contributed by atoms with Gasteiger partial charge in [-0.25, -0.2) is 9.97 Å². The Labute approximate surface area is 147 Å². The minimum absolute atomic E-state index is 0.0399. The number of pyridine rings is 1. The van der Waals surface area contributed by atoms with Crippen LogP contribution in [0.4, 0.5) is 17.3 Å². The van der Waals surface area contributed by atoms with E-state index in [-0.39, 0.29) is 5.91 Å². The Hall–Kier alpha value is -2.70. The molecule has 2 aliphatic rings. The maximum absolute atomic E-state index is 12.8. The fraction of sp³-hybridized carbons (Fsp3) is 0.444. The first-order chi connectivity index (χ1) is 12.2. The van der Waals surface area contributed by atoms with Crippen molar-refractivity contribution in [2.45, 2.75) is 25.8 Å². The molecule has 1 fully saturated rings. The highest BCUT2D eigenvalue weighted by Gasteiger charge is 2.29. The molecule has 2 aromatic rings. The number of rotatable bonds is 2. The molecule has 1 saturated heterocycles. The van der Waals surface area contributed by atoms with E-state index in [1.54, 1.807) is 23.6 Å². The van der Waals surface area contributed by atoms with Crippen LogP contribution < -0.4 is 14.7 Å². The molecular formula is C18H22N6O. The van der Waals surface area contributed by atoms with Gasteiger partial charge in [-0.05, 0) is 31.4 Å². The molecule has 25 heavy (non-hydrogen) atoms. The molecule has 4 rings (SSSR count). The summed E-state index contributed by atoms with van der Waals surface area (Å²) >= 11 is 0. The number of carbonyl (C=O) groups is 1. The molecule has 0 aliphatic carbocycles. The van der Waals surface area contributed by atoms with Gasteiger partial charge in [0.25, 0.3) is 0 Å². The fourth-order valence-corrected chi connectivity index (χ4v) is 3.60. The van der Waals surface area contributed by atoms with E-state index in [1.165, 1.54) is 19.3 Å². The molecule has 7 nitrogen and oxygen atoms in total. The first-order valence-electron chi connectivity index (χ1n) is 8.74. The molecule has 0 N–H and O–H groups in total. The van der Waals surface area contributed by atoms with E-state index >= 15 is 0 Å². The predicted octanol–water partition coefficient (Wildman–Crippen LogP) is 1.84. The molecule has 130 valence electrons. The summed E-state index contributed by atoms with van der Waals surface area (Å²) in [6.07, 6.45) is 8.69. The van der Waals surface area contributed by atoms with Crippen molar-refractivity contribution >= 4 is 23.2 Å². The van der Waals surface area contributed by atoms with E-state index in [0.29, 0.717) is 13.1 Å². The normalized spacial score (nSPS) is 18.1. The zero-order valence-electron chi connectivity index (χ0n) is 14.4. The van der Waals surface area contributed by atoms with Gasteiger partial charge in [0, 0.05) is 26.3 Å². The van der Waals surface area contributed by atoms with Crippen LogP contribution in [-0.4, -0.2) is 47.5 Å². The van der Waals surface area contributed by atoms with Crippen LogP contribution in [0.25, 0.3) is 0 Å². The van der Waals surface area contributed by atoms with Crippen LogP contribution in [0.15, 0.2) is 30.9 Å². The van der Waals surface area contributed by atoms with Gasteiger partial charge in [0.05, 0.1) is 30.5 Å². The summed E-state index contributed by atoms with van der Waals surface area (Å²) in [5.74, 6) is 1.84. The van der Waals surface area contributed by atoms with E-state index in [0.717, 1.165) is 36.0 Å². The maximum atomic E-state index is 12.8. The van der Waals surface area contributed by atoms with Gasteiger partial charge >= 0.3 is 0 Å². The average Bonchev–Trinajstić information content (AvgIpc) is 2.79. The van der Waals surface area contributed by atoms with Crippen LogP contribution in [0.2, 0.25) is 0 Å². The van der Waals surface area contributed by atoms with Crippen LogP contribution >= 0.6 is 0 Å². The Balaban J connectivity index is 1.76. The summed E-state index contributed by atoms with van der Waals surface area (Å²) in [5.41, 5.74) is 1.82. The second-order valence-electron chi connectivity index (χ2n) is 6.59. The molecule has 0 saturated carbocycles. The number of amides is 1. The molecule has 0 atom stereocenters. The van der Waals surface area contributed by atoms with Gasteiger partial charge in [0.15, 0.2) is 0 Å². The quantitative estimate of drug-likeness (QED) is 0.832. The van der Waals surface area contributed by atoms with Crippen LogP contribution in [0.3, 0.4) is 0 Å². The summed E-state index contributed by atoms with van der Waals surface area (Å²) in [4.78, 5) is 32.0. The van der Waals surface area contributed by atoms with Crippen molar-refractivity contribution in [2.24, 2.45) is 0 Å². The van der Waals surface area contributed by atoms with E-state index in [2.05, 4.69) is 19.9 Å². The maximum Gasteiger partial charge on any atom is 0.246 e. The summed E-state index contributed by atoms with van der Waals surface area (Å²) in [7, 11) is 1.91. The van der Waals surface area contributed by atoms with Gasteiger partial charge in [-0.3, -0.25) is 9.78 Å². The SMILES string of the molecule is CN1CC(=O)N(c2cccnc2)Cc2c1ncnc2N1CCCCC1. The van der Waals surface area contributed by atoms with Crippen molar-refractivity contribution in [2.75, 3.05) is 41.4 Å². The third-order valence-corrected chi connectivity index (χ3v) is 4.86. The second-order valence-corrected chi connectivity index (χ2v) is 6.59. The first-order valence-corrected chi connectivity index (χ1v) is 8.74. The van der Waals surface area contributed by atoms with Crippen LogP contribution in [-0.2, 0) is 11.3 Å². The van der Waals surface area contributed by atoms with Gasteiger partial charge in [0.1, 0.15) is 18.0 Å². The molecule has 1 amide bonds. The number of piperidine rings is 1. The van der Waals surface area contributed by atoms with E-state index < -0.39 is 0 Å². The molecular weight excluding hydrogens is 316 g/mol. The Kier molecular flexibility index (Phi) is 4.21. The lowest BCUT2D eigenvalue weighted by Gasteiger charge is -2.30. The smallest absolute Gasteiger partial charge is 0.246 e. The topological polar surface area (TPSA) is 65.5 Å². The zero-order chi connectivity index (χ0) is 17.2. The number of carbonyl (C=O) groups excluding carboxylic acids is 1. The van der Waals surface area contributed by atoms with E-state index in [1.807, 2.05) is 24.1 Å². The van der Waals surface area contributed by atoms with E-state index in [4.69, 9.17) is 0 Å². The van der Waals surface area contributed by atoms with Gasteiger partial charge in [-0.1, -0.05) is 0 Å². The molecule has 2 aromatic heterocycles. The van der Waals surface area contributed by atoms with Gasteiger partial charge < -0.3 is 14.7 Å². The number of hydrogen-bond acceptors (Lipinski definition) is 6. The Morgan fingerprint density at radius 3 is 2.60 bits per heavy atom. The Morgan fingerprint density at radius 1 is 1.04 bits per heavy atom. The minimum atomic E-state index is 0.0399. The largest absolute Gasteiger partial charge is 0.356 e. The predicted molar refractivity (Wildman–Crippen MR) is 96.8 cm³/mol. The standard InChI is InChI=1S/C18H22N6O/c1-22-12-16(25)24(14-6-5-7-19-10-14)11-15-17(22)20-13-21-18(15)23-8-3-2-4-9-23/h5-7,10,13H,2-4,8-9,11-12H2,1H3. The zero-order valence-corrected chi connectivity index (χ0v) is 14.4. The first kappa shape index (κ1) is 15.8. The fourth-order valence-electron chi connectivity index (χ4n) is 3.60. The molecule has 0 aromatic carbocycles. The summed E-state index contributed by atoms with van der Waals surface area (Å²) in [6.45, 7) is 2.78. The molecule has 0 unspecified atom stereocenters. The van der Waals surface area contributed by atoms with Crippen LogP contribution in [0, 0.1) is 0 Å². The number of fused-ring (bicyclic) bond motifs is 1. The highest BCUT2D eigenvalue weighted by molar-refractivity contribution is 5.97. The van der Waals surface area contributed by atoms with Crippen molar-refractivity contribution in [3.63, 3.8) is 0 Å². The second kappa shape index (κ2) is 6.66. The van der Waals surface area contributed by atoms with Gasteiger partial charge in [-0.2, -0.15) is 0 Å². The minimum Gasteiger partial charge on any atom is -0.356 e. The van der Waals surface area contributed by atoms with Crippen molar-refractivity contribution in [1.82, 2.24) is 15.0 Å². The van der Waals surface area contributed by atoms with E-state index in [9.17, 15) is 4.79 Å². The van der Waals surface area contributed by atoms with Crippen molar-refractivity contribution in [3.8, 4) is 0 Å². The number of aromatic nitrogens is 3. The lowest BCUT2D eigenvalue weighted by Crippen LogP contribution is -2.36. The van der Waals surface area contributed by atoms with Crippen LogP contribution in [0.1, 0.15) is 24.8 Å². The molecule has 0 spiro atoms. The van der Waals surface area contributed by atoms with Crippen LogP contribution in [0.5, 0.6) is 0 Å². The van der Waals surface area contributed by atoms with Crippen molar-refractivity contribution in [3.05, 3.63) is 36.4 Å². The average molecular weight is 338 g/mol. The highest BCUT2D eigenvalue weighted by atomic mass is 16.2. The third-order valence-electron chi connectivity index (χ3n) is 4.86. The van der Waals surface area contributed by atoms with Crippen molar-refractivity contribution in [1.29, 1.82) is 0 Å². The molecule has 2 aliphatic heterocycles. The number of likely N-dealkylation sites (N-methyl/N-ethyl adjacent to an activating group) is 1. The summed E-state index contributed by atoms with van der Waals surface area (Å²) in [6, 6.07) is 3.77. The molecule has 0 bridgehead atoms. The molecule has 0 radical (unpaired) electrons. The highest BCUT2D eigenvalue weighted by Crippen LogP contribution is 2.32. The van der Waals surface area contributed by atoms with Crippen molar-refractivity contribution < 1.29 is 4.79 Å². The number of nitrogens with zero attached hydrogens (tertiary/aromatic N) is 6. The number of anilines is 3. The summed E-state index contributed by atoms with van der Waals surface area (Å²) in [5, 5.41) is 0. The number of hydrogen-bond donors (Lipinski definition) is 0. The third kappa shape index (κ3) is 3.01. The monoisotopic (exact) mass is 338 g/mol. The lowest BCUT2D eigenvalue weighted by molar-refractivity contribution is -0.117. The Bertz CT molecular complexity index is 759. The van der Waals surface area contributed by atoms with Gasteiger partial charge in [-0.15, -0.1) is 0 Å². The Morgan fingerprint density at radius 2 is 1.84 bits per heavy atom. The van der Waals surface area contributed by atoms with Gasteiger partial charge in [0.2, 0.25) is 5.91 Å².